The molecule has 0 aromatic carbocycles. The predicted octanol–water partition coefficient (Wildman–Crippen LogP) is 0.924. The first-order chi connectivity index (χ1) is 5.45. The van der Waals surface area contributed by atoms with Crippen molar-refractivity contribution in [2.24, 2.45) is 4.40 Å². The number of rotatable bonds is 0. The Labute approximate surface area is 80.8 Å². The molecule has 0 spiro atoms. The number of Topliss-reactive ketones (excluding diaryl/α,β-unsaturated/α-hetero) is 1. The Morgan fingerprint density at radius 1 is 1.67 bits per heavy atom. The van der Waals surface area contributed by atoms with Crippen molar-refractivity contribution in [3.8, 4) is 0 Å². The zero-order valence-electron chi connectivity index (χ0n) is 5.93. The summed E-state index contributed by atoms with van der Waals surface area (Å²) in [5.41, 5.74) is 0. The molecule has 1 aliphatic rings. The van der Waals surface area contributed by atoms with Crippen molar-refractivity contribution in [3.05, 3.63) is 0 Å². The number of ketones is 1. The summed E-state index contributed by atoms with van der Waals surface area (Å²) in [6.07, 6.45) is 0. The second kappa shape index (κ2) is 5.65. The molecule has 1 unspecified atom stereocenters. The van der Waals surface area contributed by atoms with Gasteiger partial charge in [0.1, 0.15) is 0 Å². The third-order valence-corrected chi connectivity index (χ3v) is 2.05. The average molecular weight is 232 g/mol. The van der Waals surface area contributed by atoms with E-state index >= 15 is 0 Å². The SMILES string of the molecule is CC1SN=C(Cl)C1=O.O=S(O)O. The molecule has 0 aromatic rings. The van der Waals surface area contributed by atoms with Gasteiger partial charge in [-0.05, 0) is 18.9 Å². The van der Waals surface area contributed by atoms with Gasteiger partial charge in [0, 0.05) is 0 Å². The Hall–Kier alpha value is 0.0500. The van der Waals surface area contributed by atoms with Gasteiger partial charge in [-0.1, -0.05) is 11.6 Å². The van der Waals surface area contributed by atoms with Crippen LogP contribution >= 0.6 is 23.5 Å². The molecule has 0 amide bonds. The first-order valence-electron chi connectivity index (χ1n) is 2.68. The summed E-state index contributed by atoms with van der Waals surface area (Å²) in [7, 11) is 0. The number of halogens is 1. The van der Waals surface area contributed by atoms with Crippen LogP contribution in [0.25, 0.3) is 0 Å². The largest absolute Gasteiger partial charge is 0.299 e. The fourth-order valence-corrected chi connectivity index (χ4v) is 1.28. The molecule has 0 bridgehead atoms. The standard InChI is InChI=1S/C4H4ClNOS.H2O3S/c1-2-3(7)4(5)6-8-2;1-4(2)3/h2H,1H3;(H2,1,2,3). The Morgan fingerprint density at radius 3 is 2.17 bits per heavy atom. The highest BCUT2D eigenvalue weighted by Gasteiger charge is 2.24. The maximum Gasteiger partial charge on any atom is 0.299 e. The van der Waals surface area contributed by atoms with Crippen molar-refractivity contribution in [1.29, 1.82) is 0 Å². The summed E-state index contributed by atoms with van der Waals surface area (Å²) in [4.78, 5) is 10.6. The molecular weight excluding hydrogens is 226 g/mol. The van der Waals surface area contributed by atoms with E-state index in [9.17, 15) is 4.79 Å². The molecule has 12 heavy (non-hydrogen) atoms. The van der Waals surface area contributed by atoms with Crippen LogP contribution in [0, 0.1) is 0 Å². The minimum absolute atomic E-state index is 0.0586. The van der Waals surface area contributed by atoms with Crippen LogP contribution in [0.4, 0.5) is 0 Å². The molecule has 0 radical (unpaired) electrons. The van der Waals surface area contributed by atoms with Crippen LogP contribution in [0.2, 0.25) is 0 Å². The van der Waals surface area contributed by atoms with E-state index in [1.54, 1.807) is 6.92 Å². The summed E-state index contributed by atoms with van der Waals surface area (Å²) in [6, 6.07) is 0. The van der Waals surface area contributed by atoms with Crippen LogP contribution < -0.4 is 0 Å². The molecular formula is C4H6ClNO4S2. The molecule has 1 atom stereocenters. The molecule has 0 saturated heterocycles. The number of nitrogens with zero attached hydrogens (tertiary/aromatic N) is 1. The molecule has 1 rings (SSSR count). The summed E-state index contributed by atoms with van der Waals surface area (Å²) in [5, 5.41) is 0.0602. The summed E-state index contributed by atoms with van der Waals surface area (Å²) >= 11 is 3.95. The predicted molar refractivity (Wildman–Crippen MR) is 48.7 cm³/mol. The average Bonchev–Trinajstić information content (AvgIpc) is 2.19. The molecule has 1 heterocycles. The van der Waals surface area contributed by atoms with Gasteiger partial charge in [-0.3, -0.25) is 13.9 Å². The highest BCUT2D eigenvalue weighted by Crippen LogP contribution is 2.22. The number of hydrogen-bond acceptors (Lipinski definition) is 4. The molecule has 0 saturated carbocycles. The smallest absolute Gasteiger partial charge is 0.290 e. The van der Waals surface area contributed by atoms with Gasteiger partial charge in [0.25, 0.3) is 11.4 Å². The van der Waals surface area contributed by atoms with Crippen LogP contribution in [-0.2, 0) is 16.2 Å². The van der Waals surface area contributed by atoms with E-state index in [0.717, 1.165) is 0 Å². The van der Waals surface area contributed by atoms with Gasteiger partial charge in [-0.25, -0.2) is 0 Å². The lowest BCUT2D eigenvalue weighted by molar-refractivity contribution is -0.111. The molecule has 70 valence electrons. The van der Waals surface area contributed by atoms with Gasteiger partial charge in [0.15, 0.2) is 5.17 Å². The van der Waals surface area contributed by atoms with E-state index < -0.39 is 11.4 Å². The number of carbonyl (C=O) groups is 1. The lowest BCUT2D eigenvalue weighted by Crippen LogP contribution is -2.12. The van der Waals surface area contributed by atoms with Crippen LogP contribution in [0.15, 0.2) is 4.40 Å². The second-order valence-electron chi connectivity index (χ2n) is 1.72. The Bertz CT molecular complexity index is 227. The van der Waals surface area contributed by atoms with E-state index in [4.69, 9.17) is 24.9 Å². The molecule has 8 heteroatoms. The van der Waals surface area contributed by atoms with Gasteiger partial charge >= 0.3 is 0 Å². The van der Waals surface area contributed by atoms with Gasteiger partial charge in [0.05, 0.1) is 5.25 Å². The normalized spacial score (nSPS) is 21.9. The maximum absolute atomic E-state index is 10.6. The van der Waals surface area contributed by atoms with Crippen molar-refractivity contribution >= 4 is 45.9 Å². The molecule has 0 aliphatic carbocycles. The summed E-state index contributed by atoms with van der Waals surface area (Å²) in [6.45, 7) is 1.78. The zero-order valence-corrected chi connectivity index (χ0v) is 8.32. The van der Waals surface area contributed by atoms with Crippen LogP contribution in [-0.4, -0.2) is 29.5 Å². The lowest BCUT2D eigenvalue weighted by atomic mass is 10.3. The lowest BCUT2D eigenvalue weighted by Gasteiger charge is -1.89. The molecule has 0 fully saturated rings. The zero-order chi connectivity index (χ0) is 9.72. The van der Waals surface area contributed by atoms with Crippen molar-refractivity contribution in [2.45, 2.75) is 12.2 Å². The fourth-order valence-electron chi connectivity index (χ4n) is 0.386. The van der Waals surface area contributed by atoms with Gasteiger partial charge < -0.3 is 0 Å². The van der Waals surface area contributed by atoms with Crippen molar-refractivity contribution in [3.63, 3.8) is 0 Å². The first-order valence-corrected chi connectivity index (χ1v) is 4.96. The van der Waals surface area contributed by atoms with E-state index in [0.29, 0.717) is 0 Å². The van der Waals surface area contributed by atoms with E-state index in [2.05, 4.69) is 4.40 Å². The second-order valence-corrected chi connectivity index (χ2v) is 3.64. The topological polar surface area (TPSA) is 87.0 Å². The number of carbonyl (C=O) groups excluding carboxylic acids is 1. The summed E-state index contributed by atoms with van der Waals surface area (Å²) < 4.78 is 26.5. The van der Waals surface area contributed by atoms with E-state index in [-0.39, 0.29) is 16.2 Å². The van der Waals surface area contributed by atoms with Crippen LogP contribution in [0.5, 0.6) is 0 Å². The number of hydrogen-bond donors (Lipinski definition) is 2. The maximum atomic E-state index is 10.6. The van der Waals surface area contributed by atoms with Gasteiger partial charge in [-0.2, -0.15) is 8.61 Å². The van der Waals surface area contributed by atoms with Gasteiger partial charge in [-0.15, -0.1) is 0 Å². The first kappa shape index (κ1) is 12.0. The monoisotopic (exact) mass is 231 g/mol. The highest BCUT2D eigenvalue weighted by molar-refractivity contribution is 8.00. The van der Waals surface area contributed by atoms with Crippen molar-refractivity contribution < 1.29 is 18.1 Å². The Balaban J connectivity index is 0.000000261. The third-order valence-electron chi connectivity index (χ3n) is 0.864. The van der Waals surface area contributed by atoms with Gasteiger partial charge in [0.2, 0.25) is 5.78 Å². The highest BCUT2D eigenvalue weighted by atomic mass is 35.5. The minimum atomic E-state index is -2.61. The Kier molecular flexibility index (Phi) is 5.68. The van der Waals surface area contributed by atoms with Crippen molar-refractivity contribution in [1.82, 2.24) is 0 Å². The minimum Gasteiger partial charge on any atom is -0.290 e. The summed E-state index contributed by atoms with van der Waals surface area (Å²) in [5.74, 6) is -0.0586. The molecule has 0 aromatic heterocycles. The Morgan fingerprint density at radius 2 is 2.08 bits per heavy atom. The molecule has 2 N–H and O–H groups in total. The van der Waals surface area contributed by atoms with Crippen LogP contribution in [0.3, 0.4) is 0 Å². The fraction of sp³-hybridized carbons (Fsp3) is 0.500. The molecule has 1 aliphatic heterocycles. The third kappa shape index (κ3) is 4.83. The quantitative estimate of drug-likeness (QED) is 0.478. The van der Waals surface area contributed by atoms with E-state index in [1.165, 1.54) is 11.9 Å². The van der Waals surface area contributed by atoms with Crippen LogP contribution in [0.1, 0.15) is 6.92 Å². The van der Waals surface area contributed by atoms with Crippen molar-refractivity contribution in [2.75, 3.05) is 0 Å². The van der Waals surface area contributed by atoms with E-state index in [1.807, 2.05) is 0 Å². The molecule has 5 nitrogen and oxygen atoms in total.